The number of carbonyl (C=O) groups excluding carboxylic acids is 1. The van der Waals surface area contributed by atoms with Crippen LogP contribution in [0.3, 0.4) is 0 Å². The van der Waals surface area contributed by atoms with Crippen molar-refractivity contribution < 1.29 is 4.79 Å². The standard InChI is InChI=1S/C23H32N4O/c1-26-20-14-8-7-13-19(20)22(25-26)23(28)24-17-21(18-11-5-4-6-12-18)27-15-9-2-3-10-16-27/h4-6,11-12,21H,2-3,7-10,13-17H2,1H3,(H,24,28). The number of rotatable bonds is 5. The zero-order valence-corrected chi connectivity index (χ0v) is 17.0. The number of carbonyl (C=O) groups is 1. The molecule has 1 aromatic carbocycles. The molecule has 1 aromatic heterocycles. The topological polar surface area (TPSA) is 50.2 Å². The largest absolute Gasteiger partial charge is 0.349 e. The summed E-state index contributed by atoms with van der Waals surface area (Å²) in [5, 5.41) is 7.78. The summed E-state index contributed by atoms with van der Waals surface area (Å²) in [6.45, 7) is 2.84. The molecule has 1 aliphatic heterocycles. The van der Waals surface area contributed by atoms with Crippen LogP contribution in [0.5, 0.6) is 0 Å². The Morgan fingerprint density at radius 1 is 1.04 bits per heavy atom. The second-order valence-corrected chi connectivity index (χ2v) is 8.19. The Morgan fingerprint density at radius 3 is 2.50 bits per heavy atom. The molecule has 1 amide bonds. The molecule has 1 aliphatic carbocycles. The van der Waals surface area contributed by atoms with E-state index in [2.05, 4.69) is 45.6 Å². The molecule has 5 nitrogen and oxygen atoms in total. The van der Waals surface area contributed by atoms with Crippen LogP contribution >= 0.6 is 0 Å². The maximum absolute atomic E-state index is 13.0. The third-order valence-corrected chi connectivity index (χ3v) is 6.30. The van der Waals surface area contributed by atoms with Gasteiger partial charge in [0, 0.05) is 24.8 Å². The van der Waals surface area contributed by atoms with Gasteiger partial charge in [0.2, 0.25) is 0 Å². The van der Waals surface area contributed by atoms with Crippen LogP contribution in [0.25, 0.3) is 0 Å². The van der Waals surface area contributed by atoms with Gasteiger partial charge in [0.15, 0.2) is 5.69 Å². The van der Waals surface area contributed by atoms with Gasteiger partial charge in [0.1, 0.15) is 0 Å². The van der Waals surface area contributed by atoms with Crippen LogP contribution < -0.4 is 5.32 Å². The predicted molar refractivity (Wildman–Crippen MR) is 111 cm³/mol. The molecule has 2 aromatic rings. The van der Waals surface area contributed by atoms with Crippen molar-refractivity contribution in [3.8, 4) is 0 Å². The number of nitrogens with one attached hydrogen (secondary N) is 1. The van der Waals surface area contributed by atoms with Gasteiger partial charge in [-0.3, -0.25) is 14.4 Å². The van der Waals surface area contributed by atoms with Crippen LogP contribution in [0, 0.1) is 0 Å². The van der Waals surface area contributed by atoms with Crippen LogP contribution in [0.1, 0.15) is 71.9 Å². The summed E-state index contributed by atoms with van der Waals surface area (Å²) in [5.41, 5.74) is 4.33. The minimum Gasteiger partial charge on any atom is -0.349 e. The number of hydrogen-bond acceptors (Lipinski definition) is 3. The van der Waals surface area contributed by atoms with Gasteiger partial charge in [-0.15, -0.1) is 0 Å². The molecule has 5 heteroatoms. The minimum atomic E-state index is -0.0190. The lowest BCUT2D eigenvalue weighted by Gasteiger charge is -2.31. The number of aryl methyl sites for hydroxylation is 1. The van der Waals surface area contributed by atoms with E-state index in [0.29, 0.717) is 12.2 Å². The van der Waals surface area contributed by atoms with Crippen molar-refractivity contribution in [3.63, 3.8) is 0 Å². The zero-order valence-electron chi connectivity index (χ0n) is 17.0. The van der Waals surface area contributed by atoms with E-state index in [1.165, 1.54) is 43.4 Å². The van der Waals surface area contributed by atoms with E-state index in [0.717, 1.165) is 37.9 Å². The number of benzene rings is 1. The first-order chi connectivity index (χ1) is 13.7. The lowest BCUT2D eigenvalue weighted by Crippen LogP contribution is -2.39. The Kier molecular flexibility index (Phi) is 6.10. The predicted octanol–water partition coefficient (Wildman–Crippen LogP) is 3.65. The number of nitrogens with zero attached hydrogens (tertiary/aromatic N) is 3. The Morgan fingerprint density at radius 2 is 1.75 bits per heavy atom. The molecule has 1 saturated heterocycles. The monoisotopic (exact) mass is 380 g/mol. The van der Waals surface area contributed by atoms with Crippen LogP contribution in [0.2, 0.25) is 0 Å². The first-order valence-corrected chi connectivity index (χ1v) is 10.9. The summed E-state index contributed by atoms with van der Waals surface area (Å²) in [4.78, 5) is 15.6. The fourth-order valence-corrected chi connectivity index (χ4v) is 4.77. The molecule has 150 valence electrons. The highest BCUT2D eigenvalue weighted by molar-refractivity contribution is 5.94. The third kappa shape index (κ3) is 4.14. The Hall–Kier alpha value is -2.14. The average molecular weight is 381 g/mol. The number of aromatic nitrogens is 2. The van der Waals surface area contributed by atoms with Crippen LogP contribution in [-0.4, -0.2) is 40.2 Å². The first kappa shape index (κ1) is 19.2. The van der Waals surface area contributed by atoms with Crippen molar-refractivity contribution >= 4 is 5.91 Å². The maximum Gasteiger partial charge on any atom is 0.272 e. The molecule has 1 fully saturated rings. The van der Waals surface area contributed by atoms with E-state index in [1.807, 2.05) is 11.7 Å². The van der Waals surface area contributed by atoms with Crippen molar-refractivity contribution in [1.29, 1.82) is 0 Å². The summed E-state index contributed by atoms with van der Waals surface area (Å²) in [6, 6.07) is 10.8. The van der Waals surface area contributed by atoms with Crippen LogP contribution in [0.15, 0.2) is 30.3 Å². The van der Waals surface area contributed by atoms with Gasteiger partial charge >= 0.3 is 0 Å². The summed E-state index contributed by atoms with van der Waals surface area (Å²) in [6.07, 6.45) is 9.45. The highest BCUT2D eigenvalue weighted by atomic mass is 16.2. The van der Waals surface area contributed by atoms with E-state index in [1.54, 1.807) is 0 Å². The number of likely N-dealkylation sites (tertiary alicyclic amines) is 1. The summed E-state index contributed by atoms with van der Waals surface area (Å²) in [5.74, 6) is -0.0190. The van der Waals surface area contributed by atoms with Gasteiger partial charge in [-0.25, -0.2) is 0 Å². The molecule has 2 aliphatic rings. The van der Waals surface area contributed by atoms with Crippen molar-refractivity contribution in [2.75, 3.05) is 19.6 Å². The van der Waals surface area contributed by atoms with Gasteiger partial charge in [0.25, 0.3) is 5.91 Å². The second kappa shape index (κ2) is 8.91. The fraction of sp³-hybridized carbons (Fsp3) is 0.565. The lowest BCUT2D eigenvalue weighted by atomic mass is 9.95. The summed E-state index contributed by atoms with van der Waals surface area (Å²) >= 11 is 0. The van der Waals surface area contributed by atoms with E-state index in [9.17, 15) is 4.79 Å². The molecular weight excluding hydrogens is 348 g/mol. The second-order valence-electron chi connectivity index (χ2n) is 8.19. The van der Waals surface area contributed by atoms with E-state index in [-0.39, 0.29) is 11.9 Å². The molecule has 28 heavy (non-hydrogen) atoms. The molecule has 0 bridgehead atoms. The van der Waals surface area contributed by atoms with Crippen LogP contribution in [0.4, 0.5) is 0 Å². The molecule has 0 spiro atoms. The molecule has 4 rings (SSSR count). The van der Waals surface area contributed by atoms with Gasteiger partial charge in [-0.05, 0) is 57.2 Å². The molecular formula is C23H32N4O. The van der Waals surface area contributed by atoms with E-state index in [4.69, 9.17) is 0 Å². The van der Waals surface area contributed by atoms with Gasteiger partial charge in [-0.1, -0.05) is 43.2 Å². The molecule has 0 radical (unpaired) electrons. The maximum atomic E-state index is 13.0. The van der Waals surface area contributed by atoms with Crippen molar-refractivity contribution in [2.24, 2.45) is 7.05 Å². The summed E-state index contributed by atoms with van der Waals surface area (Å²) in [7, 11) is 1.96. The highest BCUT2D eigenvalue weighted by Crippen LogP contribution is 2.26. The van der Waals surface area contributed by atoms with E-state index < -0.39 is 0 Å². The molecule has 1 unspecified atom stereocenters. The number of fused-ring (bicyclic) bond motifs is 1. The quantitative estimate of drug-likeness (QED) is 0.861. The van der Waals surface area contributed by atoms with Gasteiger partial charge in [-0.2, -0.15) is 5.10 Å². The third-order valence-electron chi connectivity index (χ3n) is 6.30. The van der Waals surface area contributed by atoms with Crippen molar-refractivity contribution in [2.45, 2.75) is 57.4 Å². The minimum absolute atomic E-state index is 0.0190. The van der Waals surface area contributed by atoms with Gasteiger partial charge < -0.3 is 5.32 Å². The fourth-order valence-electron chi connectivity index (χ4n) is 4.77. The van der Waals surface area contributed by atoms with Gasteiger partial charge in [0.05, 0.1) is 6.04 Å². The smallest absolute Gasteiger partial charge is 0.272 e. The van der Waals surface area contributed by atoms with E-state index >= 15 is 0 Å². The molecule has 1 N–H and O–H groups in total. The Balaban J connectivity index is 1.50. The number of amides is 1. The van der Waals surface area contributed by atoms with Crippen molar-refractivity contribution in [3.05, 3.63) is 52.8 Å². The zero-order chi connectivity index (χ0) is 19.3. The first-order valence-electron chi connectivity index (χ1n) is 10.9. The average Bonchev–Trinajstić information content (AvgIpc) is 2.90. The van der Waals surface area contributed by atoms with Crippen LogP contribution in [-0.2, 0) is 19.9 Å². The lowest BCUT2D eigenvalue weighted by molar-refractivity contribution is 0.0926. The summed E-state index contributed by atoms with van der Waals surface area (Å²) < 4.78 is 1.91. The normalized spacial score (nSPS) is 18.9. The molecule has 0 saturated carbocycles. The molecule has 1 atom stereocenters. The van der Waals surface area contributed by atoms with Crippen molar-refractivity contribution in [1.82, 2.24) is 20.0 Å². The highest BCUT2D eigenvalue weighted by Gasteiger charge is 2.26. The molecule has 2 heterocycles. The Labute approximate surface area is 168 Å². The Bertz CT molecular complexity index is 790. The number of hydrogen-bond donors (Lipinski definition) is 1. The SMILES string of the molecule is Cn1nc(C(=O)NCC(c2ccccc2)N2CCCCCC2)c2c1CCCC2.